The van der Waals surface area contributed by atoms with Gasteiger partial charge >= 0.3 is 0 Å². The first-order valence-corrected chi connectivity index (χ1v) is 10.9. The molecule has 0 radical (unpaired) electrons. The van der Waals surface area contributed by atoms with Gasteiger partial charge in [-0.25, -0.2) is 0 Å². The molecule has 2 aliphatic heterocycles. The van der Waals surface area contributed by atoms with E-state index in [0.29, 0.717) is 39.1 Å². The van der Waals surface area contributed by atoms with Gasteiger partial charge in [0, 0.05) is 50.2 Å². The average molecular weight is 415 g/mol. The molecule has 4 rings (SSSR count). The van der Waals surface area contributed by atoms with Gasteiger partial charge in [0.2, 0.25) is 11.8 Å². The van der Waals surface area contributed by atoms with E-state index in [9.17, 15) is 9.59 Å². The topological polar surface area (TPSA) is 84.4 Å². The number of hydrogen-bond acceptors (Lipinski definition) is 6. The Hall–Kier alpha value is -2.32. The molecule has 0 saturated carbocycles. The predicted octanol–water partition coefficient (Wildman–Crippen LogP) is 2.51. The lowest BCUT2D eigenvalue weighted by Gasteiger charge is -2.43. The molecule has 2 aliphatic rings. The zero-order valence-corrected chi connectivity index (χ0v) is 17.5. The normalized spacial score (nSPS) is 17.8. The minimum absolute atomic E-state index is 0.0561. The van der Waals surface area contributed by atoms with Crippen molar-refractivity contribution in [1.82, 2.24) is 20.2 Å². The van der Waals surface area contributed by atoms with E-state index in [1.54, 1.807) is 29.9 Å². The summed E-state index contributed by atoms with van der Waals surface area (Å²) in [5, 5.41) is 2.74. The Bertz CT molecular complexity index is 875. The van der Waals surface area contributed by atoms with E-state index < -0.39 is 0 Å². The fraction of sp³-hybridized carbons (Fsp3) is 0.524. The molecule has 29 heavy (non-hydrogen) atoms. The molecule has 0 aliphatic carbocycles. The Morgan fingerprint density at radius 1 is 1.31 bits per heavy atom. The van der Waals surface area contributed by atoms with Crippen molar-refractivity contribution in [2.45, 2.75) is 44.6 Å². The van der Waals surface area contributed by atoms with Crippen molar-refractivity contribution in [2.75, 3.05) is 26.2 Å². The van der Waals surface area contributed by atoms with Gasteiger partial charge in [0.25, 0.3) is 0 Å². The van der Waals surface area contributed by atoms with Gasteiger partial charge in [-0.15, -0.1) is 11.3 Å². The van der Waals surface area contributed by atoms with Crippen LogP contribution < -0.4 is 5.32 Å². The molecule has 8 heteroatoms. The summed E-state index contributed by atoms with van der Waals surface area (Å²) in [6.45, 7) is 4.16. The minimum Gasteiger partial charge on any atom is -0.369 e. The summed E-state index contributed by atoms with van der Waals surface area (Å²) < 4.78 is 6.32. The van der Waals surface area contributed by atoms with Gasteiger partial charge in [0.05, 0.1) is 23.4 Å². The number of fused-ring (bicyclic) bond motifs is 2. The van der Waals surface area contributed by atoms with E-state index in [4.69, 9.17) is 4.74 Å². The summed E-state index contributed by atoms with van der Waals surface area (Å²) in [5.41, 5.74) is 1.96. The van der Waals surface area contributed by atoms with Crippen LogP contribution in [0.4, 0.5) is 0 Å². The fourth-order valence-corrected chi connectivity index (χ4v) is 5.50. The van der Waals surface area contributed by atoms with Crippen molar-refractivity contribution < 1.29 is 14.3 Å². The van der Waals surface area contributed by atoms with Crippen LogP contribution in [-0.2, 0) is 26.3 Å². The van der Waals surface area contributed by atoms with Gasteiger partial charge in [-0.3, -0.25) is 19.6 Å². The highest BCUT2D eigenvalue weighted by molar-refractivity contribution is 7.15. The molecule has 1 N–H and O–H groups in total. The maximum Gasteiger partial charge on any atom is 0.222 e. The second-order valence-electron chi connectivity index (χ2n) is 7.62. The Morgan fingerprint density at radius 3 is 2.86 bits per heavy atom. The summed E-state index contributed by atoms with van der Waals surface area (Å²) >= 11 is 1.75. The zero-order chi connectivity index (χ0) is 20.3. The lowest BCUT2D eigenvalue weighted by Crippen LogP contribution is -2.47. The van der Waals surface area contributed by atoms with Crippen molar-refractivity contribution >= 4 is 23.2 Å². The standard InChI is InChI=1S/C21H26N4O3S/c1-15(26)23-7-2-3-19(27)25-10-5-21(6-11-25)20-16(4-12-28-21)13-18(29-20)17-14-22-8-9-24-17/h8-9,13-14H,2-7,10-12H2,1H3,(H,23,26). The molecule has 1 saturated heterocycles. The Kier molecular flexibility index (Phi) is 5.91. The molecule has 2 aromatic rings. The van der Waals surface area contributed by atoms with Crippen LogP contribution in [0.5, 0.6) is 0 Å². The lowest BCUT2D eigenvalue weighted by atomic mass is 9.85. The summed E-state index contributed by atoms with van der Waals surface area (Å²) in [4.78, 5) is 36.4. The van der Waals surface area contributed by atoms with E-state index in [1.165, 1.54) is 17.4 Å². The number of ether oxygens (including phenoxy) is 1. The third-order valence-electron chi connectivity index (χ3n) is 5.65. The maximum absolute atomic E-state index is 12.5. The molecule has 154 valence electrons. The van der Waals surface area contributed by atoms with Gasteiger partial charge in [0.1, 0.15) is 5.60 Å². The lowest BCUT2D eigenvalue weighted by molar-refractivity contribution is -0.140. The van der Waals surface area contributed by atoms with Gasteiger partial charge in [-0.1, -0.05) is 0 Å². The van der Waals surface area contributed by atoms with Crippen LogP contribution in [0.1, 0.15) is 43.0 Å². The van der Waals surface area contributed by atoms with Crippen LogP contribution in [-0.4, -0.2) is 52.9 Å². The van der Waals surface area contributed by atoms with Gasteiger partial charge in [-0.2, -0.15) is 0 Å². The largest absolute Gasteiger partial charge is 0.369 e. The predicted molar refractivity (Wildman–Crippen MR) is 110 cm³/mol. The summed E-state index contributed by atoms with van der Waals surface area (Å²) in [7, 11) is 0. The summed E-state index contributed by atoms with van der Waals surface area (Å²) in [5.74, 6) is 0.104. The van der Waals surface area contributed by atoms with Gasteiger partial charge in [0.15, 0.2) is 0 Å². The molecule has 4 heterocycles. The third-order valence-corrected chi connectivity index (χ3v) is 7.04. The van der Waals surface area contributed by atoms with E-state index in [-0.39, 0.29) is 17.4 Å². The van der Waals surface area contributed by atoms with Crippen molar-refractivity contribution in [3.8, 4) is 10.6 Å². The van der Waals surface area contributed by atoms with E-state index in [1.807, 2.05) is 4.90 Å². The van der Waals surface area contributed by atoms with E-state index in [0.717, 1.165) is 29.8 Å². The van der Waals surface area contributed by atoms with Crippen LogP contribution in [0, 0.1) is 0 Å². The highest BCUT2D eigenvalue weighted by Crippen LogP contribution is 2.47. The molecular formula is C21H26N4O3S. The SMILES string of the molecule is CC(=O)NCCCC(=O)N1CCC2(CC1)OCCc1cc(-c3cnccn3)sc12. The summed E-state index contributed by atoms with van der Waals surface area (Å²) in [6.07, 6.45) is 8.89. The maximum atomic E-state index is 12.5. The van der Waals surface area contributed by atoms with Crippen molar-refractivity contribution in [3.63, 3.8) is 0 Å². The van der Waals surface area contributed by atoms with Crippen LogP contribution >= 0.6 is 11.3 Å². The van der Waals surface area contributed by atoms with Gasteiger partial charge < -0.3 is 15.0 Å². The number of carbonyl (C=O) groups excluding carboxylic acids is 2. The first-order valence-electron chi connectivity index (χ1n) is 10.1. The van der Waals surface area contributed by atoms with Crippen molar-refractivity contribution in [2.24, 2.45) is 0 Å². The number of piperidine rings is 1. The van der Waals surface area contributed by atoms with Crippen molar-refractivity contribution in [1.29, 1.82) is 0 Å². The van der Waals surface area contributed by atoms with E-state index in [2.05, 4.69) is 21.4 Å². The second-order valence-corrected chi connectivity index (χ2v) is 8.67. The molecule has 2 aromatic heterocycles. The quantitative estimate of drug-likeness (QED) is 0.760. The van der Waals surface area contributed by atoms with Crippen LogP contribution in [0.3, 0.4) is 0 Å². The number of aromatic nitrogens is 2. The highest BCUT2D eigenvalue weighted by Gasteiger charge is 2.43. The molecule has 0 bridgehead atoms. The first kappa shape index (κ1) is 20.0. The Morgan fingerprint density at radius 2 is 2.14 bits per heavy atom. The molecule has 1 fully saturated rings. The monoisotopic (exact) mass is 414 g/mol. The number of rotatable bonds is 5. The number of hydrogen-bond donors (Lipinski definition) is 1. The molecule has 0 aromatic carbocycles. The molecule has 0 unspecified atom stereocenters. The van der Waals surface area contributed by atoms with Crippen LogP contribution in [0.2, 0.25) is 0 Å². The number of thiophene rings is 1. The fourth-order valence-electron chi connectivity index (χ4n) is 4.13. The number of carbonyl (C=O) groups is 2. The molecular weight excluding hydrogens is 388 g/mol. The average Bonchev–Trinajstić information content (AvgIpc) is 3.18. The molecule has 7 nitrogen and oxygen atoms in total. The number of nitrogens with zero attached hydrogens (tertiary/aromatic N) is 3. The summed E-state index contributed by atoms with van der Waals surface area (Å²) in [6, 6.07) is 2.23. The van der Waals surface area contributed by atoms with Crippen molar-refractivity contribution in [3.05, 3.63) is 35.1 Å². The Balaban J connectivity index is 1.41. The number of amides is 2. The first-order chi connectivity index (χ1) is 14.1. The molecule has 1 spiro atoms. The van der Waals surface area contributed by atoms with E-state index >= 15 is 0 Å². The smallest absolute Gasteiger partial charge is 0.222 e. The third kappa shape index (κ3) is 4.33. The minimum atomic E-state index is -0.286. The van der Waals surface area contributed by atoms with Crippen LogP contribution in [0.15, 0.2) is 24.7 Å². The Labute approximate surface area is 174 Å². The number of nitrogens with one attached hydrogen (secondary N) is 1. The van der Waals surface area contributed by atoms with Gasteiger partial charge in [-0.05, 0) is 37.3 Å². The molecule has 0 atom stereocenters. The molecule has 2 amide bonds. The number of likely N-dealkylation sites (tertiary alicyclic amines) is 1. The second kappa shape index (κ2) is 8.59. The highest BCUT2D eigenvalue weighted by atomic mass is 32.1. The van der Waals surface area contributed by atoms with Crippen LogP contribution in [0.25, 0.3) is 10.6 Å². The zero-order valence-electron chi connectivity index (χ0n) is 16.6.